The number of hydrogen-bond donors (Lipinski definition) is 2. The molecule has 0 radical (unpaired) electrons. The summed E-state index contributed by atoms with van der Waals surface area (Å²) in [6, 6.07) is 0. The van der Waals surface area contributed by atoms with Gasteiger partial charge in [0.15, 0.2) is 0 Å². The van der Waals surface area contributed by atoms with Crippen LogP contribution in [-0.4, -0.2) is 22.2 Å². The van der Waals surface area contributed by atoms with E-state index in [0.717, 1.165) is 70.6 Å². The van der Waals surface area contributed by atoms with Gasteiger partial charge in [-0.2, -0.15) is 0 Å². The Hall–Kier alpha value is -2.10. The number of allylic oxidation sites excluding steroid dienone is 8. The van der Waals surface area contributed by atoms with Crippen LogP contribution < -0.4 is 0 Å². The van der Waals surface area contributed by atoms with Crippen molar-refractivity contribution in [3.05, 3.63) is 48.6 Å². The molecule has 1 unspecified atom stereocenters. The molecule has 2 N–H and O–H groups in total. The fourth-order valence-electron chi connectivity index (χ4n) is 4.92. The van der Waals surface area contributed by atoms with Crippen molar-refractivity contribution in [2.45, 2.75) is 161 Å². The second-order valence-corrected chi connectivity index (χ2v) is 11.3. The second-order valence-electron chi connectivity index (χ2n) is 11.3. The van der Waals surface area contributed by atoms with Gasteiger partial charge in [0.2, 0.25) is 0 Å². The highest BCUT2D eigenvalue weighted by molar-refractivity contribution is 5.66. The van der Waals surface area contributed by atoms with Gasteiger partial charge in [-0.1, -0.05) is 120 Å². The van der Waals surface area contributed by atoms with Crippen molar-refractivity contribution in [2.75, 3.05) is 0 Å². The molecule has 0 aliphatic rings. The van der Waals surface area contributed by atoms with Crippen LogP contribution in [-0.2, 0) is 9.59 Å². The molecule has 1 atom stereocenters. The van der Waals surface area contributed by atoms with Gasteiger partial charge in [-0.3, -0.25) is 9.59 Å². The van der Waals surface area contributed by atoms with Crippen molar-refractivity contribution in [1.29, 1.82) is 0 Å². The summed E-state index contributed by atoms with van der Waals surface area (Å²) in [5, 5.41) is 17.7. The van der Waals surface area contributed by atoms with Crippen LogP contribution in [0.25, 0.3) is 0 Å². The van der Waals surface area contributed by atoms with Crippen LogP contribution in [0.4, 0.5) is 0 Å². The minimum Gasteiger partial charge on any atom is -0.481 e. The molecule has 230 valence electrons. The van der Waals surface area contributed by atoms with Gasteiger partial charge in [-0.05, 0) is 83.0 Å². The minimum atomic E-state index is -0.686. The SMILES string of the molecule is CCCCC/C=C\C/C=C\CCCCC(CCCCC/C=C\C/C=C\CCCCCCCC(=O)O)CCC(=O)O. The average molecular weight is 559 g/mol. The van der Waals surface area contributed by atoms with Gasteiger partial charge in [0.05, 0.1) is 0 Å². The minimum absolute atomic E-state index is 0.301. The molecule has 0 aliphatic heterocycles. The quantitative estimate of drug-likeness (QED) is 0.0679. The van der Waals surface area contributed by atoms with E-state index in [2.05, 4.69) is 55.5 Å². The van der Waals surface area contributed by atoms with Gasteiger partial charge < -0.3 is 10.2 Å². The molecular formula is C36H62O4. The first-order chi connectivity index (χ1) is 19.6. The van der Waals surface area contributed by atoms with E-state index in [-0.39, 0.29) is 0 Å². The Balaban J connectivity index is 3.79. The Morgan fingerprint density at radius 2 is 0.875 bits per heavy atom. The fourth-order valence-corrected chi connectivity index (χ4v) is 4.92. The summed E-state index contributed by atoms with van der Waals surface area (Å²) in [5.74, 6) is -0.797. The zero-order valence-electron chi connectivity index (χ0n) is 25.9. The van der Waals surface area contributed by atoms with Gasteiger partial charge in [-0.25, -0.2) is 0 Å². The number of unbranched alkanes of at least 4 members (excludes halogenated alkanes) is 13. The van der Waals surface area contributed by atoms with Crippen LogP contribution >= 0.6 is 0 Å². The van der Waals surface area contributed by atoms with Gasteiger partial charge in [0.1, 0.15) is 0 Å². The summed E-state index contributed by atoms with van der Waals surface area (Å²) >= 11 is 0. The largest absolute Gasteiger partial charge is 0.481 e. The molecule has 0 rings (SSSR count). The molecule has 0 saturated heterocycles. The van der Waals surface area contributed by atoms with E-state index in [1.54, 1.807) is 0 Å². The molecule has 4 heteroatoms. The number of rotatable bonds is 30. The topological polar surface area (TPSA) is 74.6 Å². The summed E-state index contributed by atoms with van der Waals surface area (Å²) in [4.78, 5) is 21.6. The van der Waals surface area contributed by atoms with E-state index >= 15 is 0 Å². The summed E-state index contributed by atoms with van der Waals surface area (Å²) in [5.41, 5.74) is 0. The molecule has 0 fully saturated rings. The third-order valence-corrected chi connectivity index (χ3v) is 7.43. The third-order valence-electron chi connectivity index (χ3n) is 7.43. The van der Waals surface area contributed by atoms with Crippen LogP contribution in [0.3, 0.4) is 0 Å². The summed E-state index contributed by atoms with van der Waals surface area (Å²) in [6.45, 7) is 2.24. The van der Waals surface area contributed by atoms with Crippen LogP contribution in [0.15, 0.2) is 48.6 Å². The fraction of sp³-hybridized carbons (Fsp3) is 0.722. The highest BCUT2D eigenvalue weighted by atomic mass is 16.4. The number of carboxylic acid groups (broad SMARTS) is 2. The molecule has 0 spiro atoms. The van der Waals surface area contributed by atoms with Crippen molar-refractivity contribution in [1.82, 2.24) is 0 Å². The Morgan fingerprint density at radius 1 is 0.475 bits per heavy atom. The Kier molecular flexibility index (Phi) is 29.8. The van der Waals surface area contributed by atoms with Crippen molar-refractivity contribution < 1.29 is 19.8 Å². The van der Waals surface area contributed by atoms with E-state index in [0.29, 0.717) is 18.8 Å². The third kappa shape index (κ3) is 32.1. The zero-order chi connectivity index (χ0) is 29.4. The highest BCUT2D eigenvalue weighted by Gasteiger charge is 2.10. The first kappa shape index (κ1) is 37.9. The van der Waals surface area contributed by atoms with Gasteiger partial charge in [0, 0.05) is 12.8 Å². The Labute approximate surface area is 247 Å². The van der Waals surface area contributed by atoms with Gasteiger partial charge >= 0.3 is 11.9 Å². The molecule has 0 aliphatic carbocycles. The lowest BCUT2D eigenvalue weighted by Crippen LogP contribution is -2.05. The monoisotopic (exact) mass is 558 g/mol. The average Bonchev–Trinajstić information content (AvgIpc) is 2.93. The Bertz CT molecular complexity index is 689. The zero-order valence-corrected chi connectivity index (χ0v) is 25.9. The number of hydrogen-bond acceptors (Lipinski definition) is 2. The van der Waals surface area contributed by atoms with Crippen molar-refractivity contribution in [3.8, 4) is 0 Å². The lowest BCUT2D eigenvalue weighted by atomic mass is 9.90. The Morgan fingerprint density at radius 3 is 1.38 bits per heavy atom. The molecule has 0 saturated carbocycles. The predicted molar refractivity (Wildman–Crippen MR) is 172 cm³/mol. The maximum absolute atomic E-state index is 11.1. The molecule has 0 heterocycles. The lowest BCUT2D eigenvalue weighted by molar-refractivity contribution is -0.138. The van der Waals surface area contributed by atoms with E-state index in [9.17, 15) is 9.59 Å². The van der Waals surface area contributed by atoms with Crippen LogP contribution in [0, 0.1) is 5.92 Å². The number of aliphatic carboxylic acids is 2. The molecule has 0 bridgehead atoms. The van der Waals surface area contributed by atoms with Crippen molar-refractivity contribution in [2.24, 2.45) is 5.92 Å². The molecule has 0 aromatic rings. The van der Waals surface area contributed by atoms with E-state index < -0.39 is 11.9 Å². The molecule has 0 aromatic carbocycles. The summed E-state index contributed by atoms with van der Waals surface area (Å²) < 4.78 is 0. The van der Waals surface area contributed by atoms with Gasteiger partial charge in [0.25, 0.3) is 0 Å². The van der Waals surface area contributed by atoms with Crippen molar-refractivity contribution in [3.63, 3.8) is 0 Å². The maximum atomic E-state index is 11.1. The summed E-state index contributed by atoms with van der Waals surface area (Å²) in [6.07, 6.45) is 43.9. The number of carbonyl (C=O) groups is 2. The van der Waals surface area contributed by atoms with Crippen LogP contribution in [0.1, 0.15) is 161 Å². The summed E-state index contributed by atoms with van der Waals surface area (Å²) in [7, 11) is 0. The molecule has 40 heavy (non-hydrogen) atoms. The van der Waals surface area contributed by atoms with E-state index in [1.165, 1.54) is 70.6 Å². The highest BCUT2D eigenvalue weighted by Crippen LogP contribution is 2.23. The predicted octanol–water partition coefficient (Wildman–Crippen LogP) is 11.4. The molecule has 0 aromatic heterocycles. The van der Waals surface area contributed by atoms with Crippen LogP contribution in [0.2, 0.25) is 0 Å². The molecule has 4 nitrogen and oxygen atoms in total. The lowest BCUT2D eigenvalue weighted by Gasteiger charge is -2.15. The standard InChI is InChI=1S/C36H62O4/c1-2-3-4-5-6-7-8-14-17-20-23-26-29-34(32-33-36(39)40)30-27-24-21-18-15-12-10-9-11-13-16-19-22-25-28-31-35(37)38/h6-7,9,11-12,14-15,17,34H,2-5,8,10,13,16,18-33H2,1H3,(H,37,38)(H,39,40)/b7-6-,11-9-,15-12-,17-14-. The van der Waals surface area contributed by atoms with E-state index in [1.807, 2.05) is 0 Å². The first-order valence-corrected chi connectivity index (χ1v) is 16.6. The second kappa shape index (κ2) is 31.4. The maximum Gasteiger partial charge on any atom is 0.303 e. The van der Waals surface area contributed by atoms with Crippen molar-refractivity contribution >= 4 is 11.9 Å². The molecular weight excluding hydrogens is 496 g/mol. The molecule has 0 amide bonds. The first-order valence-electron chi connectivity index (χ1n) is 16.6. The van der Waals surface area contributed by atoms with Crippen LogP contribution in [0.5, 0.6) is 0 Å². The smallest absolute Gasteiger partial charge is 0.303 e. The number of carboxylic acids is 2. The van der Waals surface area contributed by atoms with Gasteiger partial charge in [-0.15, -0.1) is 0 Å². The van der Waals surface area contributed by atoms with E-state index in [4.69, 9.17) is 10.2 Å². The normalized spacial score (nSPS) is 12.9.